The highest BCUT2D eigenvalue weighted by Gasteiger charge is 2.43. The van der Waals surface area contributed by atoms with E-state index < -0.39 is 23.9 Å². The summed E-state index contributed by atoms with van der Waals surface area (Å²) in [7, 11) is 0. The molecule has 160 valence electrons. The quantitative estimate of drug-likeness (QED) is 0.153. The Morgan fingerprint density at radius 1 is 1.11 bits per heavy atom. The number of amides is 3. The van der Waals surface area contributed by atoms with Gasteiger partial charge in [0, 0.05) is 19.6 Å². The molecule has 3 amide bonds. The smallest absolute Gasteiger partial charge is 0.253 e. The minimum Gasteiger partial charge on any atom is -0.370 e. The second kappa shape index (κ2) is 13.0. The molecule has 9 heteroatoms. The molecule has 1 saturated heterocycles. The number of hydrogen-bond acceptors (Lipinski definition) is 4. The van der Waals surface area contributed by atoms with E-state index in [0.717, 1.165) is 38.5 Å². The van der Waals surface area contributed by atoms with Crippen molar-refractivity contribution in [2.75, 3.05) is 19.6 Å². The first-order chi connectivity index (χ1) is 13.4. The first-order valence-corrected chi connectivity index (χ1v) is 10.4. The van der Waals surface area contributed by atoms with E-state index >= 15 is 0 Å². The Balaban J connectivity index is 2.79. The van der Waals surface area contributed by atoms with E-state index in [1.54, 1.807) is 0 Å². The lowest BCUT2D eigenvalue weighted by molar-refractivity contribution is -0.154. The Hall–Kier alpha value is -2.32. The highest BCUT2D eigenvalue weighted by Crippen LogP contribution is 2.16. The van der Waals surface area contributed by atoms with E-state index in [-0.39, 0.29) is 11.9 Å². The average molecular weight is 397 g/mol. The molecule has 1 rings (SSSR count). The van der Waals surface area contributed by atoms with Crippen LogP contribution in [0.2, 0.25) is 0 Å². The van der Waals surface area contributed by atoms with E-state index in [4.69, 9.17) is 11.5 Å². The predicted molar refractivity (Wildman–Crippen MR) is 109 cm³/mol. The van der Waals surface area contributed by atoms with Crippen molar-refractivity contribution in [3.63, 3.8) is 0 Å². The summed E-state index contributed by atoms with van der Waals surface area (Å²) in [5.41, 5.74) is 10.6. The molecule has 0 bridgehead atoms. The molecule has 0 aromatic rings. The van der Waals surface area contributed by atoms with E-state index in [1.807, 2.05) is 6.92 Å². The number of hydrogen-bond donors (Lipinski definition) is 4. The number of carbonyl (C=O) groups is 3. The van der Waals surface area contributed by atoms with Gasteiger partial charge in [0.2, 0.25) is 5.91 Å². The van der Waals surface area contributed by atoms with Crippen LogP contribution in [0.3, 0.4) is 0 Å². The van der Waals surface area contributed by atoms with Crippen molar-refractivity contribution in [2.24, 2.45) is 16.5 Å². The Morgan fingerprint density at radius 2 is 1.82 bits per heavy atom. The molecule has 0 spiro atoms. The van der Waals surface area contributed by atoms with Crippen molar-refractivity contribution in [1.82, 2.24) is 15.5 Å². The molecule has 2 unspecified atom stereocenters. The molecule has 0 aromatic carbocycles. The third-order valence-electron chi connectivity index (χ3n) is 4.73. The Kier molecular flexibility index (Phi) is 11.0. The fourth-order valence-corrected chi connectivity index (χ4v) is 3.17. The van der Waals surface area contributed by atoms with Crippen LogP contribution < -0.4 is 22.1 Å². The van der Waals surface area contributed by atoms with Crippen LogP contribution >= 0.6 is 0 Å². The lowest BCUT2D eigenvalue weighted by Crippen LogP contribution is -2.67. The third kappa shape index (κ3) is 7.74. The van der Waals surface area contributed by atoms with Crippen molar-refractivity contribution < 1.29 is 14.4 Å². The van der Waals surface area contributed by atoms with Gasteiger partial charge in [0.1, 0.15) is 6.04 Å². The highest BCUT2D eigenvalue weighted by atomic mass is 16.2. The molecule has 0 aromatic heterocycles. The molecule has 1 aliphatic heterocycles. The molecular formula is C19H36N6O3. The number of guanidine groups is 1. The van der Waals surface area contributed by atoms with Crippen LogP contribution in [-0.4, -0.2) is 60.3 Å². The lowest BCUT2D eigenvalue weighted by atomic mass is 10.0. The van der Waals surface area contributed by atoms with Gasteiger partial charge in [-0.25, -0.2) is 0 Å². The van der Waals surface area contributed by atoms with Gasteiger partial charge in [0.15, 0.2) is 12.0 Å². The molecule has 9 nitrogen and oxygen atoms in total. The van der Waals surface area contributed by atoms with Gasteiger partial charge in [-0.3, -0.25) is 19.4 Å². The van der Waals surface area contributed by atoms with E-state index in [9.17, 15) is 14.4 Å². The molecule has 28 heavy (non-hydrogen) atoms. The molecule has 1 fully saturated rings. The van der Waals surface area contributed by atoms with Gasteiger partial charge in [0.25, 0.3) is 11.8 Å². The Bertz CT molecular complexity index is 548. The maximum Gasteiger partial charge on any atom is 0.253 e. The zero-order chi connectivity index (χ0) is 20.9. The maximum absolute atomic E-state index is 13.0. The summed E-state index contributed by atoms with van der Waals surface area (Å²) in [6, 6.07) is -1.74. The van der Waals surface area contributed by atoms with Crippen LogP contribution in [0.5, 0.6) is 0 Å². The summed E-state index contributed by atoms with van der Waals surface area (Å²) in [6.07, 6.45) is 6.62. The second-order valence-electron chi connectivity index (χ2n) is 7.15. The molecule has 0 aliphatic carbocycles. The molecule has 0 saturated carbocycles. The third-order valence-corrected chi connectivity index (χ3v) is 4.73. The number of piperazine rings is 1. The molecule has 1 aliphatic rings. The Labute approximate surface area is 167 Å². The summed E-state index contributed by atoms with van der Waals surface area (Å²) in [6.45, 7) is 5.42. The number of unbranched alkanes of at least 4 members (excludes halogenated alkanes) is 4. The van der Waals surface area contributed by atoms with Crippen LogP contribution in [0.1, 0.15) is 65.2 Å². The zero-order valence-electron chi connectivity index (χ0n) is 17.2. The van der Waals surface area contributed by atoms with Crippen LogP contribution in [0.4, 0.5) is 0 Å². The standard InChI is InChI=1S/C19H36N6O3/c1-3-5-7-8-13-25-15(16(26)22-11-6-4-2)17(27)24-14(18(25)28)10-9-12-23-19(20)21/h14-15H,3-13H2,1-2H3,(H,22,26)(H,24,27)(H4,20,21,23). The SMILES string of the molecule is CCCCCCN1C(=O)C(CCCN=C(N)N)NC(=O)C1C(=O)NCCCC. The number of nitrogens with two attached hydrogens (primary N) is 2. The van der Waals surface area contributed by atoms with Crippen LogP contribution in [-0.2, 0) is 14.4 Å². The molecule has 1 heterocycles. The summed E-state index contributed by atoms with van der Waals surface area (Å²) in [4.78, 5) is 43.5. The molecule has 2 atom stereocenters. The minimum atomic E-state index is -1.10. The molecular weight excluding hydrogens is 360 g/mol. The first-order valence-electron chi connectivity index (χ1n) is 10.4. The zero-order valence-corrected chi connectivity index (χ0v) is 17.2. The van der Waals surface area contributed by atoms with E-state index in [0.29, 0.717) is 32.5 Å². The number of aliphatic imine (C=N–C) groups is 1. The summed E-state index contributed by atoms with van der Waals surface area (Å²) in [5, 5.41) is 5.48. The van der Waals surface area contributed by atoms with Crippen molar-refractivity contribution in [2.45, 2.75) is 77.3 Å². The fraction of sp³-hybridized carbons (Fsp3) is 0.789. The number of nitrogens with one attached hydrogen (secondary N) is 2. The van der Waals surface area contributed by atoms with Crippen molar-refractivity contribution >= 4 is 23.7 Å². The van der Waals surface area contributed by atoms with Crippen molar-refractivity contribution in [3.8, 4) is 0 Å². The van der Waals surface area contributed by atoms with Gasteiger partial charge in [-0.05, 0) is 25.7 Å². The van der Waals surface area contributed by atoms with Gasteiger partial charge in [-0.15, -0.1) is 0 Å². The summed E-state index contributed by atoms with van der Waals surface area (Å²) < 4.78 is 0. The van der Waals surface area contributed by atoms with Gasteiger partial charge in [-0.1, -0.05) is 39.5 Å². The normalized spacial score (nSPS) is 19.3. The topological polar surface area (TPSA) is 143 Å². The van der Waals surface area contributed by atoms with Crippen LogP contribution in [0, 0.1) is 0 Å². The van der Waals surface area contributed by atoms with Gasteiger partial charge in [-0.2, -0.15) is 0 Å². The van der Waals surface area contributed by atoms with Gasteiger partial charge < -0.3 is 27.0 Å². The van der Waals surface area contributed by atoms with Crippen LogP contribution in [0.25, 0.3) is 0 Å². The average Bonchev–Trinajstić information content (AvgIpc) is 2.65. The molecule has 6 N–H and O–H groups in total. The maximum atomic E-state index is 13.0. The predicted octanol–water partition coefficient (Wildman–Crippen LogP) is 0.232. The van der Waals surface area contributed by atoms with E-state index in [1.165, 1.54) is 4.90 Å². The van der Waals surface area contributed by atoms with Crippen molar-refractivity contribution in [3.05, 3.63) is 0 Å². The largest absolute Gasteiger partial charge is 0.370 e. The fourth-order valence-electron chi connectivity index (χ4n) is 3.17. The minimum absolute atomic E-state index is 0.000344. The molecule has 0 radical (unpaired) electrons. The Morgan fingerprint density at radius 3 is 2.46 bits per heavy atom. The number of rotatable bonds is 13. The summed E-state index contributed by atoms with van der Waals surface area (Å²) >= 11 is 0. The van der Waals surface area contributed by atoms with Crippen molar-refractivity contribution in [1.29, 1.82) is 0 Å². The van der Waals surface area contributed by atoms with Gasteiger partial charge in [0.05, 0.1) is 0 Å². The first kappa shape index (κ1) is 23.7. The van der Waals surface area contributed by atoms with Crippen LogP contribution in [0.15, 0.2) is 4.99 Å². The number of carbonyl (C=O) groups excluding carboxylic acids is 3. The van der Waals surface area contributed by atoms with Gasteiger partial charge >= 0.3 is 0 Å². The number of nitrogens with zero attached hydrogens (tertiary/aromatic N) is 2. The highest BCUT2D eigenvalue weighted by molar-refractivity contribution is 6.10. The lowest BCUT2D eigenvalue weighted by Gasteiger charge is -2.38. The monoisotopic (exact) mass is 396 g/mol. The second-order valence-corrected chi connectivity index (χ2v) is 7.15. The van der Waals surface area contributed by atoms with E-state index in [2.05, 4.69) is 22.5 Å². The summed E-state index contributed by atoms with van der Waals surface area (Å²) in [5.74, 6) is -1.04.